The Morgan fingerprint density at radius 1 is 1.50 bits per heavy atom. The van der Waals surface area contributed by atoms with Gasteiger partial charge in [-0.3, -0.25) is 9.59 Å². The maximum Gasteiger partial charge on any atom is 0.259 e. The molecule has 1 aromatic heterocycles. The van der Waals surface area contributed by atoms with Crippen LogP contribution in [0.15, 0.2) is 17.1 Å². The zero-order valence-electron chi connectivity index (χ0n) is 11.1. The van der Waals surface area contributed by atoms with E-state index >= 15 is 0 Å². The molecular weight excluding hydrogens is 230 g/mol. The van der Waals surface area contributed by atoms with E-state index in [9.17, 15) is 9.59 Å². The number of nitrogens with zero attached hydrogens (tertiary/aromatic N) is 2. The molecule has 0 bridgehead atoms. The van der Waals surface area contributed by atoms with Crippen molar-refractivity contribution in [3.63, 3.8) is 0 Å². The lowest BCUT2D eigenvalue weighted by Crippen LogP contribution is -2.36. The minimum atomic E-state index is -0.204. The quantitative estimate of drug-likeness (QED) is 0.828. The molecule has 1 amide bonds. The number of carbonyl (C=O) groups is 1. The zero-order valence-corrected chi connectivity index (χ0v) is 11.1. The van der Waals surface area contributed by atoms with Gasteiger partial charge in [0.1, 0.15) is 5.56 Å². The van der Waals surface area contributed by atoms with Crippen molar-refractivity contribution in [2.45, 2.75) is 19.4 Å². The van der Waals surface area contributed by atoms with Gasteiger partial charge in [0.25, 0.3) is 5.91 Å². The first-order valence-electron chi connectivity index (χ1n) is 6.14. The highest BCUT2D eigenvalue weighted by molar-refractivity contribution is 5.94. The molecule has 2 heterocycles. The Morgan fingerprint density at radius 3 is 2.78 bits per heavy atom. The van der Waals surface area contributed by atoms with Gasteiger partial charge in [-0.2, -0.15) is 0 Å². The molecule has 1 fully saturated rings. The van der Waals surface area contributed by atoms with Gasteiger partial charge in [0, 0.05) is 37.1 Å². The van der Waals surface area contributed by atoms with Crippen LogP contribution in [0.4, 0.5) is 0 Å². The molecule has 0 aromatic carbocycles. The number of nitrogens with one attached hydrogen (secondary N) is 1. The Morgan fingerprint density at radius 2 is 2.22 bits per heavy atom. The second kappa shape index (κ2) is 4.94. The van der Waals surface area contributed by atoms with E-state index < -0.39 is 0 Å². The summed E-state index contributed by atoms with van der Waals surface area (Å²) in [6.07, 6.45) is 2.48. The normalized spacial score (nSPS) is 19.6. The number of pyridine rings is 1. The number of H-pyrrole nitrogens is 1. The Bertz CT molecular complexity index is 507. The van der Waals surface area contributed by atoms with Gasteiger partial charge in [-0.1, -0.05) is 0 Å². The highest BCUT2D eigenvalue weighted by Gasteiger charge is 2.28. The number of aromatic nitrogens is 1. The van der Waals surface area contributed by atoms with Crippen LogP contribution in [-0.4, -0.2) is 53.9 Å². The van der Waals surface area contributed by atoms with Crippen LogP contribution in [-0.2, 0) is 0 Å². The molecule has 1 saturated heterocycles. The second-order valence-electron chi connectivity index (χ2n) is 5.05. The number of hydrogen-bond acceptors (Lipinski definition) is 3. The molecule has 0 spiro atoms. The van der Waals surface area contributed by atoms with Crippen molar-refractivity contribution in [2.75, 3.05) is 27.2 Å². The molecule has 1 N–H and O–H groups in total. The Kier molecular flexibility index (Phi) is 3.52. The first-order valence-corrected chi connectivity index (χ1v) is 6.14. The van der Waals surface area contributed by atoms with E-state index in [1.165, 1.54) is 12.3 Å². The number of aromatic amines is 1. The van der Waals surface area contributed by atoms with Crippen molar-refractivity contribution in [3.8, 4) is 0 Å². The number of hydrogen-bond donors (Lipinski definition) is 1. The van der Waals surface area contributed by atoms with Crippen LogP contribution in [0.3, 0.4) is 0 Å². The van der Waals surface area contributed by atoms with Gasteiger partial charge in [-0.25, -0.2) is 0 Å². The Hall–Kier alpha value is -1.62. The molecule has 2 rings (SSSR count). The fourth-order valence-electron chi connectivity index (χ4n) is 2.26. The molecule has 98 valence electrons. The van der Waals surface area contributed by atoms with E-state index in [1.54, 1.807) is 11.8 Å². The largest absolute Gasteiger partial charge is 0.364 e. The fraction of sp³-hybridized carbons (Fsp3) is 0.538. The number of likely N-dealkylation sites (tertiary alicyclic amines) is 1. The summed E-state index contributed by atoms with van der Waals surface area (Å²) in [4.78, 5) is 30.8. The predicted molar refractivity (Wildman–Crippen MR) is 69.8 cm³/mol. The lowest BCUT2D eigenvalue weighted by atomic mass is 10.2. The minimum Gasteiger partial charge on any atom is -0.364 e. The molecule has 5 heteroatoms. The molecule has 1 aliphatic rings. The fourth-order valence-corrected chi connectivity index (χ4v) is 2.26. The van der Waals surface area contributed by atoms with Crippen LogP contribution in [0.25, 0.3) is 0 Å². The van der Waals surface area contributed by atoms with E-state index in [4.69, 9.17) is 0 Å². The molecule has 1 aliphatic heterocycles. The summed E-state index contributed by atoms with van der Waals surface area (Å²) in [5.41, 5.74) is 0.800. The van der Waals surface area contributed by atoms with Gasteiger partial charge < -0.3 is 14.8 Å². The summed E-state index contributed by atoms with van der Waals surface area (Å²) in [6.45, 7) is 3.21. The molecular formula is C13H19N3O2. The van der Waals surface area contributed by atoms with Crippen LogP contribution in [0, 0.1) is 6.92 Å². The van der Waals surface area contributed by atoms with Gasteiger partial charge in [0.15, 0.2) is 5.43 Å². The molecule has 1 unspecified atom stereocenters. The topological polar surface area (TPSA) is 56.4 Å². The SMILES string of the molecule is Cc1cc(=O)c(C(=O)N2CCC(N(C)C)C2)c[nH]1. The van der Waals surface area contributed by atoms with E-state index in [2.05, 4.69) is 9.88 Å². The standard InChI is InChI=1S/C13H19N3O2/c1-9-6-12(17)11(7-14-9)13(18)16-5-4-10(8-16)15(2)3/h6-7,10H,4-5,8H2,1-3H3,(H,14,17). The second-order valence-corrected chi connectivity index (χ2v) is 5.05. The maximum atomic E-state index is 12.2. The highest BCUT2D eigenvalue weighted by Crippen LogP contribution is 2.15. The summed E-state index contributed by atoms with van der Waals surface area (Å²) in [6, 6.07) is 1.85. The lowest BCUT2D eigenvalue weighted by molar-refractivity contribution is 0.0781. The van der Waals surface area contributed by atoms with Gasteiger partial charge in [-0.05, 0) is 27.4 Å². The molecule has 0 radical (unpaired) electrons. The van der Waals surface area contributed by atoms with Crippen LogP contribution in [0.2, 0.25) is 0 Å². The Balaban J connectivity index is 2.15. The number of amides is 1. The van der Waals surface area contributed by atoms with E-state index in [-0.39, 0.29) is 16.9 Å². The van der Waals surface area contributed by atoms with Crippen LogP contribution in [0.5, 0.6) is 0 Å². The number of aryl methyl sites for hydroxylation is 1. The van der Waals surface area contributed by atoms with Gasteiger partial charge >= 0.3 is 0 Å². The van der Waals surface area contributed by atoms with E-state index in [0.717, 1.165) is 18.7 Å². The van der Waals surface area contributed by atoms with Crippen molar-refractivity contribution < 1.29 is 4.79 Å². The molecule has 1 atom stereocenters. The van der Waals surface area contributed by atoms with Gasteiger partial charge in [0.05, 0.1) is 0 Å². The Labute approximate surface area is 106 Å². The number of rotatable bonds is 2. The van der Waals surface area contributed by atoms with Gasteiger partial charge in [-0.15, -0.1) is 0 Å². The van der Waals surface area contributed by atoms with Crippen molar-refractivity contribution in [3.05, 3.63) is 33.7 Å². The third-order valence-corrected chi connectivity index (χ3v) is 3.47. The van der Waals surface area contributed by atoms with Gasteiger partial charge in [0.2, 0.25) is 0 Å². The minimum absolute atomic E-state index is 0.166. The number of likely N-dealkylation sites (N-methyl/N-ethyl adjacent to an activating group) is 1. The summed E-state index contributed by atoms with van der Waals surface area (Å²) in [5.74, 6) is -0.166. The highest BCUT2D eigenvalue weighted by atomic mass is 16.2. The molecule has 18 heavy (non-hydrogen) atoms. The summed E-state index contributed by atoms with van der Waals surface area (Å²) < 4.78 is 0. The van der Waals surface area contributed by atoms with Crippen LogP contribution in [0.1, 0.15) is 22.5 Å². The summed E-state index contributed by atoms with van der Waals surface area (Å²) in [7, 11) is 4.02. The maximum absolute atomic E-state index is 12.2. The van der Waals surface area contributed by atoms with Crippen LogP contribution >= 0.6 is 0 Å². The monoisotopic (exact) mass is 249 g/mol. The van der Waals surface area contributed by atoms with Crippen molar-refractivity contribution in [1.29, 1.82) is 0 Å². The lowest BCUT2D eigenvalue weighted by Gasteiger charge is -2.20. The first-order chi connectivity index (χ1) is 8.49. The van der Waals surface area contributed by atoms with E-state index in [1.807, 2.05) is 14.1 Å². The van der Waals surface area contributed by atoms with Crippen LogP contribution < -0.4 is 5.43 Å². The first kappa shape index (κ1) is 12.8. The zero-order chi connectivity index (χ0) is 13.3. The molecule has 0 aliphatic carbocycles. The third kappa shape index (κ3) is 2.46. The molecule has 1 aromatic rings. The predicted octanol–water partition coefficient (Wildman–Crippen LogP) is 0.459. The third-order valence-electron chi connectivity index (χ3n) is 3.47. The average Bonchev–Trinajstić information content (AvgIpc) is 2.77. The summed E-state index contributed by atoms with van der Waals surface area (Å²) >= 11 is 0. The molecule has 0 saturated carbocycles. The number of carbonyl (C=O) groups excluding carboxylic acids is 1. The van der Waals surface area contributed by atoms with Crippen molar-refractivity contribution in [1.82, 2.24) is 14.8 Å². The van der Waals surface area contributed by atoms with Crippen molar-refractivity contribution in [2.24, 2.45) is 0 Å². The van der Waals surface area contributed by atoms with Crippen molar-refractivity contribution >= 4 is 5.91 Å². The average molecular weight is 249 g/mol. The summed E-state index contributed by atoms with van der Waals surface area (Å²) in [5, 5.41) is 0. The van der Waals surface area contributed by atoms with E-state index in [0.29, 0.717) is 12.6 Å². The smallest absolute Gasteiger partial charge is 0.259 e. The molecule has 5 nitrogen and oxygen atoms in total.